The lowest BCUT2D eigenvalue weighted by Gasteiger charge is -2.29. The van der Waals surface area contributed by atoms with Crippen molar-refractivity contribution in [1.29, 1.82) is 0 Å². The third kappa shape index (κ3) is 2.67. The molecule has 0 bridgehead atoms. The summed E-state index contributed by atoms with van der Waals surface area (Å²) in [7, 11) is 0. The number of hydrogen-bond donors (Lipinski definition) is 2. The highest BCUT2D eigenvalue weighted by Gasteiger charge is 2.28. The zero-order chi connectivity index (χ0) is 14.9. The van der Waals surface area contributed by atoms with Crippen LogP contribution in [0.4, 0.5) is 5.69 Å². The van der Waals surface area contributed by atoms with Crippen molar-refractivity contribution < 1.29 is 9.72 Å². The number of thiocarbonyl (C=S) groups is 1. The van der Waals surface area contributed by atoms with Gasteiger partial charge in [0.15, 0.2) is 10.9 Å². The van der Waals surface area contributed by atoms with Crippen LogP contribution < -0.4 is 10.6 Å². The summed E-state index contributed by atoms with van der Waals surface area (Å²) in [5.74, 6) is -0.110. The molecule has 1 aromatic rings. The van der Waals surface area contributed by atoms with Crippen LogP contribution >= 0.6 is 12.2 Å². The summed E-state index contributed by atoms with van der Waals surface area (Å²) in [6.45, 7) is 3.22. The standard InChI is InChI=1S/C13H13N3O3S/c1-7-11(8(2)17)12(15-13(20)14-7)9-4-3-5-10(6-9)16(18)19/h3-6,12H,1-2H3,(H2,14,15,20)/t12-/m1/s1. The molecule has 0 fully saturated rings. The minimum absolute atomic E-state index is 0.0192. The number of nitrogens with one attached hydrogen (secondary N) is 2. The van der Waals surface area contributed by atoms with E-state index in [1.54, 1.807) is 19.1 Å². The molecule has 2 rings (SSSR count). The van der Waals surface area contributed by atoms with Gasteiger partial charge in [-0.3, -0.25) is 14.9 Å². The second-order valence-corrected chi connectivity index (χ2v) is 4.89. The monoisotopic (exact) mass is 291 g/mol. The Hall–Kier alpha value is -2.28. The van der Waals surface area contributed by atoms with Crippen LogP contribution in [0, 0.1) is 10.1 Å². The first-order valence-corrected chi connectivity index (χ1v) is 6.34. The van der Waals surface area contributed by atoms with Crippen molar-refractivity contribution in [2.45, 2.75) is 19.9 Å². The number of benzene rings is 1. The van der Waals surface area contributed by atoms with E-state index in [0.717, 1.165) is 0 Å². The van der Waals surface area contributed by atoms with Gasteiger partial charge in [0.2, 0.25) is 0 Å². The van der Waals surface area contributed by atoms with Gasteiger partial charge >= 0.3 is 0 Å². The number of ketones is 1. The van der Waals surface area contributed by atoms with Gasteiger partial charge in [-0.15, -0.1) is 0 Å². The summed E-state index contributed by atoms with van der Waals surface area (Å²) >= 11 is 5.08. The van der Waals surface area contributed by atoms with Crippen LogP contribution in [-0.4, -0.2) is 15.8 Å². The average molecular weight is 291 g/mol. The molecular formula is C13H13N3O3S. The van der Waals surface area contributed by atoms with Gasteiger partial charge in [-0.25, -0.2) is 0 Å². The number of nitrogens with zero attached hydrogens (tertiary/aromatic N) is 1. The summed E-state index contributed by atoms with van der Waals surface area (Å²) in [5, 5.41) is 17.1. The summed E-state index contributed by atoms with van der Waals surface area (Å²) in [5.41, 5.74) is 1.80. The quantitative estimate of drug-likeness (QED) is 0.503. The van der Waals surface area contributed by atoms with Crippen molar-refractivity contribution in [3.8, 4) is 0 Å². The van der Waals surface area contributed by atoms with Crippen LogP contribution in [0.25, 0.3) is 0 Å². The van der Waals surface area contributed by atoms with Gasteiger partial charge in [0, 0.05) is 23.4 Å². The second kappa shape index (κ2) is 5.38. The molecule has 104 valence electrons. The maximum atomic E-state index is 11.8. The van der Waals surface area contributed by atoms with Crippen LogP contribution in [0.3, 0.4) is 0 Å². The molecule has 0 aromatic heterocycles. The minimum atomic E-state index is -0.471. The predicted octanol–water partition coefficient (Wildman–Crippen LogP) is 1.98. The molecule has 1 aromatic carbocycles. The lowest BCUT2D eigenvalue weighted by Crippen LogP contribution is -2.44. The number of nitro groups is 1. The molecule has 6 nitrogen and oxygen atoms in total. The molecule has 0 spiro atoms. The molecule has 0 saturated carbocycles. The van der Waals surface area contributed by atoms with Crippen molar-refractivity contribution >= 4 is 28.8 Å². The normalized spacial score (nSPS) is 18.3. The second-order valence-electron chi connectivity index (χ2n) is 4.48. The third-order valence-electron chi connectivity index (χ3n) is 3.06. The fraction of sp³-hybridized carbons (Fsp3) is 0.231. The van der Waals surface area contributed by atoms with Crippen molar-refractivity contribution in [2.24, 2.45) is 0 Å². The Balaban J connectivity index is 2.51. The van der Waals surface area contributed by atoms with Crippen LogP contribution in [0.2, 0.25) is 0 Å². The van der Waals surface area contributed by atoms with E-state index in [4.69, 9.17) is 12.2 Å². The number of carbonyl (C=O) groups is 1. The molecule has 0 aliphatic carbocycles. The number of allylic oxidation sites excluding steroid dienone is 1. The Labute approximate surface area is 121 Å². The van der Waals surface area contributed by atoms with E-state index in [2.05, 4.69) is 10.6 Å². The van der Waals surface area contributed by atoms with Gasteiger partial charge in [0.1, 0.15) is 0 Å². The minimum Gasteiger partial charge on any atom is -0.351 e. The van der Waals surface area contributed by atoms with E-state index in [1.807, 2.05) is 0 Å². The maximum Gasteiger partial charge on any atom is 0.269 e. The van der Waals surface area contributed by atoms with E-state index in [0.29, 0.717) is 21.9 Å². The Kier molecular flexibility index (Phi) is 3.80. The Morgan fingerprint density at radius 3 is 2.75 bits per heavy atom. The van der Waals surface area contributed by atoms with Crippen LogP contribution in [0.5, 0.6) is 0 Å². The van der Waals surface area contributed by atoms with Gasteiger partial charge in [-0.2, -0.15) is 0 Å². The Morgan fingerprint density at radius 2 is 2.15 bits per heavy atom. The van der Waals surface area contributed by atoms with Crippen molar-refractivity contribution in [1.82, 2.24) is 10.6 Å². The van der Waals surface area contributed by atoms with Gasteiger partial charge in [0.05, 0.1) is 11.0 Å². The fourth-order valence-corrected chi connectivity index (χ4v) is 2.50. The first-order chi connectivity index (χ1) is 9.40. The summed E-state index contributed by atoms with van der Waals surface area (Å²) < 4.78 is 0. The molecule has 1 aliphatic rings. The zero-order valence-electron chi connectivity index (χ0n) is 11.0. The lowest BCUT2D eigenvalue weighted by molar-refractivity contribution is -0.384. The van der Waals surface area contributed by atoms with Crippen LogP contribution in [0.1, 0.15) is 25.5 Å². The van der Waals surface area contributed by atoms with E-state index in [-0.39, 0.29) is 11.5 Å². The molecular weight excluding hydrogens is 278 g/mol. The first-order valence-electron chi connectivity index (χ1n) is 5.93. The molecule has 7 heteroatoms. The number of carbonyl (C=O) groups excluding carboxylic acids is 1. The predicted molar refractivity (Wildman–Crippen MR) is 78.1 cm³/mol. The molecule has 1 atom stereocenters. The van der Waals surface area contributed by atoms with Crippen LogP contribution in [-0.2, 0) is 4.79 Å². The first kappa shape index (κ1) is 14.1. The van der Waals surface area contributed by atoms with E-state index >= 15 is 0 Å². The smallest absolute Gasteiger partial charge is 0.269 e. The molecule has 1 heterocycles. The van der Waals surface area contributed by atoms with Gasteiger partial charge in [-0.05, 0) is 31.6 Å². The van der Waals surface area contributed by atoms with Crippen molar-refractivity contribution in [2.75, 3.05) is 0 Å². The third-order valence-corrected chi connectivity index (χ3v) is 3.28. The molecule has 0 radical (unpaired) electrons. The molecule has 0 saturated heterocycles. The number of rotatable bonds is 3. The summed E-state index contributed by atoms with van der Waals surface area (Å²) in [6, 6.07) is 5.71. The van der Waals surface area contributed by atoms with Crippen molar-refractivity contribution in [3.05, 3.63) is 51.2 Å². The highest BCUT2D eigenvalue weighted by molar-refractivity contribution is 7.80. The average Bonchev–Trinajstić information content (AvgIpc) is 2.37. The van der Waals surface area contributed by atoms with Gasteiger partial charge in [0.25, 0.3) is 5.69 Å². The summed E-state index contributed by atoms with van der Waals surface area (Å²) in [6.07, 6.45) is 0. The highest BCUT2D eigenvalue weighted by Crippen LogP contribution is 2.29. The van der Waals surface area contributed by atoms with Crippen molar-refractivity contribution in [3.63, 3.8) is 0 Å². The largest absolute Gasteiger partial charge is 0.351 e. The van der Waals surface area contributed by atoms with E-state index < -0.39 is 11.0 Å². The maximum absolute atomic E-state index is 11.8. The van der Waals surface area contributed by atoms with Crippen LogP contribution in [0.15, 0.2) is 35.5 Å². The topological polar surface area (TPSA) is 84.3 Å². The zero-order valence-corrected chi connectivity index (χ0v) is 11.8. The summed E-state index contributed by atoms with van der Waals surface area (Å²) in [4.78, 5) is 22.2. The van der Waals surface area contributed by atoms with E-state index in [1.165, 1.54) is 19.1 Å². The van der Waals surface area contributed by atoms with E-state index in [9.17, 15) is 14.9 Å². The molecule has 0 amide bonds. The Bertz CT molecular complexity index is 640. The number of nitro benzene ring substituents is 1. The van der Waals surface area contributed by atoms with Gasteiger partial charge < -0.3 is 10.6 Å². The SMILES string of the molecule is CC(=O)C1=C(C)NC(=S)N[C@@H]1c1cccc([N+](=O)[O-])c1. The highest BCUT2D eigenvalue weighted by atomic mass is 32.1. The Morgan fingerprint density at radius 1 is 1.45 bits per heavy atom. The fourth-order valence-electron chi connectivity index (χ4n) is 2.23. The molecule has 2 N–H and O–H groups in total. The number of Topliss-reactive ketones (excluding diaryl/α,β-unsaturated/α-hetero) is 1. The van der Waals surface area contributed by atoms with Gasteiger partial charge in [-0.1, -0.05) is 12.1 Å². The molecule has 1 aliphatic heterocycles. The molecule has 0 unspecified atom stereocenters. The number of non-ortho nitro benzene ring substituents is 1. The molecule has 20 heavy (non-hydrogen) atoms. The lowest BCUT2D eigenvalue weighted by atomic mass is 9.93. The number of hydrogen-bond acceptors (Lipinski definition) is 4.